The van der Waals surface area contributed by atoms with Gasteiger partial charge in [0.25, 0.3) is 0 Å². The minimum absolute atomic E-state index is 0.1000. The van der Waals surface area contributed by atoms with E-state index in [0.29, 0.717) is 11.1 Å². The van der Waals surface area contributed by atoms with Crippen LogP contribution in [-0.2, 0) is 19.1 Å². The van der Waals surface area contributed by atoms with Crippen LogP contribution < -0.4 is 0 Å². The minimum atomic E-state index is -0.958. The Morgan fingerprint density at radius 2 is 2.00 bits per heavy atom. The maximum Gasteiger partial charge on any atom is 0.335 e. The van der Waals surface area contributed by atoms with Gasteiger partial charge in [0, 0.05) is 29.4 Å². The molecule has 22 heavy (non-hydrogen) atoms. The first kappa shape index (κ1) is 15.5. The summed E-state index contributed by atoms with van der Waals surface area (Å²) in [4.78, 5) is 23.8. The summed E-state index contributed by atoms with van der Waals surface area (Å²) < 4.78 is 10.7. The summed E-state index contributed by atoms with van der Waals surface area (Å²) in [6.45, 7) is 7.78. The summed E-state index contributed by atoms with van der Waals surface area (Å²) in [5.74, 6) is -0.820. The predicted molar refractivity (Wildman–Crippen MR) is 78.8 cm³/mol. The first-order valence-corrected chi connectivity index (χ1v) is 7.94. The van der Waals surface area contributed by atoms with E-state index in [9.17, 15) is 14.7 Å². The smallest absolute Gasteiger partial charge is 0.335 e. The van der Waals surface area contributed by atoms with Gasteiger partial charge in [0.2, 0.25) is 0 Å². The molecule has 0 saturated heterocycles. The van der Waals surface area contributed by atoms with Crippen LogP contribution in [0.3, 0.4) is 0 Å². The van der Waals surface area contributed by atoms with Crippen LogP contribution in [0, 0.1) is 16.7 Å². The first-order valence-electron chi connectivity index (χ1n) is 7.94. The van der Waals surface area contributed by atoms with Gasteiger partial charge in [-0.3, -0.25) is 4.79 Å². The van der Waals surface area contributed by atoms with Gasteiger partial charge in [-0.1, -0.05) is 27.2 Å². The molecule has 0 radical (unpaired) electrons. The van der Waals surface area contributed by atoms with Crippen LogP contribution in [-0.4, -0.2) is 35.9 Å². The van der Waals surface area contributed by atoms with Gasteiger partial charge in [-0.25, -0.2) is 4.79 Å². The van der Waals surface area contributed by atoms with E-state index in [4.69, 9.17) is 9.47 Å². The third-order valence-corrected chi connectivity index (χ3v) is 5.80. The molecule has 1 heterocycles. The Morgan fingerprint density at radius 3 is 2.64 bits per heavy atom. The molecule has 3 rings (SSSR count). The second-order valence-corrected chi connectivity index (χ2v) is 7.73. The van der Waals surface area contributed by atoms with Gasteiger partial charge in [-0.15, -0.1) is 0 Å². The molecule has 1 aliphatic heterocycles. The molecule has 5 heteroatoms. The summed E-state index contributed by atoms with van der Waals surface area (Å²) in [5.41, 5.74) is 0.688. The molecule has 1 N–H and O–H groups in total. The molecule has 4 atom stereocenters. The van der Waals surface area contributed by atoms with Crippen molar-refractivity contribution in [2.24, 2.45) is 16.7 Å². The Morgan fingerprint density at radius 1 is 1.32 bits per heavy atom. The number of aliphatic hydroxyl groups excluding tert-OH is 1. The highest BCUT2D eigenvalue weighted by Gasteiger charge is 2.61. The summed E-state index contributed by atoms with van der Waals surface area (Å²) in [5, 5.41) is 10.7. The van der Waals surface area contributed by atoms with E-state index in [-0.39, 0.29) is 23.9 Å². The van der Waals surface area contributed by atoms with Crippen LogP contribution >= 0.6 is 0 Å². The van der Waals surface area contributed by atoms with Gasteiger partial charge < -0.3 is 14.6 Å². The number of fused-ring (bicyclic) bond motifs is 2. The van der Waals surface area contributed by atoms with Crippen molar-refractivity contribution in [3.8, 4) is 0 Å². The summed E-state index contributed by atoms with van der Waals surface area (Å²) in [6, 6.07) is 0. The normalized spacial score (nSPS) is 39.9. The molecule has 1 fully saturated rings. The molecule has 5 nitrogen and oxygen atoms in total. The summed E-state index contributed by atoms with van der Waals surface area (Å²) in [6.07, 6.45) is 1.26. The number of hydrogen-bond donors (Lipinski definition) is 1. The number of aliphatic hydroxyl groups is 1. The topological polar surface area (TPSA) is 72.8 Å². The van der Waals surface area contributed by atoms with Crippen LogP contribution in [0.5, 0.6) is 0 Å². The average Bonchev–Trinajstić information content (AvgIpc) is 2.77. The Hall–Kier alpha value is -1.36. The van der Waals surface area contributed by atoms with E-state index in [1.165, 1.54) is 6.92 Å². The highest BCUT2D eigenvalue weighted by atomic mass is 16.6. The van der Waals surface area contributed by atoms with Crippen molar-refractivity contribution in [2.45, 2.75) is 59.2 Å². The number of cyclic esters (lactones) is 1. The Kier molecular flexibility index (Phi) is 3.40. The van der Waals surface area contributed by atoms with Crippen molar-refractivity contribution in [3.63, 3.8) is 0 Å². The third-order valence-electron chi connectivity index (χ3n) is 5.80. The average molecular weight is 308 g/mol. The Labute approximate surface area is 130 Å². The van der Waals surface area contributed by atoms with Gasteiger partial charge in [-0.05, 0) is 18.3 Å². The maximum atomic E-state index is 12.3. The van der Waals surface area contributed by atoms with E-state index < -0.39 is 23.6 Å². The molecule has 122 valence electrons. The molecule has 0 bridgehead atoms. The zero-order valence-corrected chi connectivity index (χ0v) is 13.6. The number of rotatable bonds is 1. The molecule has 0 aromatic carbocycles. The van der Waals surface area contributed by atoms with Crippen LogP contribution in [0.1, 0.15) is 47.0 Å². The summed E-state index contributed by atoms with van der Waals surface area (Å²) >= 11 is 0. The van der Waals surface area contributed by atoms with E-state index >= 15 is 0 Å². The van der Waals surface area contributed by atoms with Crippen molar-refractivity contribution < 1.29 is 24.2 Å². The molecule has 0 unspecified atom stereocenters. The molecule has 0 amide bonds. The first-order chi connectivity index (χ1) is 10.2. The fourth-order valence-electron chi connectivity index (χ4n) is 5.13. The van der Waals surface area contributed by atoms with Crippen LogP contribution in [0.4, 0.5) is 0 Å². The highest BCUT2D eigenvalue weighted by molar-refractivity contribution is 5.94. The number of ether oxygens (including phenoxy) is 2. The predicted octanol–water partition coefficient (Wildman–Crippen LogP) is 1.98. The Balaban J connectivity index is 2.16. The van der Waals surface area contributed by atoms with E-state index in [1.807, 2.05) is 0 Å². The van der Waals surface area contributed by atoms with Gasteiger partial charge in [0.05, 0.1) is 0 Å². The van der Waals surface area contributed by atoms with Crippen molar-refractivity contribution >= 4 is 11.9 Å². The fraction of sp³-hybridized carbons (Fsp3) is 0.765. The zero-order valence-electron chi connectivity index (χ0n) is 13.6. The van der Waals surface area contributed by atoms with Crippen molar-refractivity contribution in [3.05, 3.63) is 11.1 Å². The lowest BCUT2D eigenvalue weighted by Gasteiger charge is -2.56. The zero-order chi connectivity index (χ0) is 16.3. The number of carbonyl (C=O) groups excluding carboxylic acids is 2. The van der Waals surface area contributed by atoms with Gasteiger partial charge in [0.1, 0.15) is 18.8 Å². The van der Waals surface area contributed by atoms with Gasteiger partial charge in [0.15, 0.2) is 0 Å². The van der Waals surface area contributed by atoms with Gasteiger partial charge >= 0.3 is 11.9 Å². The lowest BCUT2D eigenvalue weighted by atomic mass is 9.49. The van der Waals surface area contributed by atoms with E-state index in [2.05, 4.69) is 20.8 Å². The van der Waals surface area contributed by atoms with Crippen molar-refractivity contribution in [1.82, 2.24) is 0 Å². The molecule has 0 spiro atoms. The molecule has 0 aromatic rings. The number of carbonyl (C=O) groups is 2. The second-order valence-electron chi connectivity index (χ2n) is 7.73. The van der Waals surface area contributed by atoms with Crippen molar-refractivity contribution in [2.75, 3.05) is 6.61 Å². The second kappa shape index (κ2) is 4.82. The third kappa shape index (κ3) is 2.02. The quantitative estimate of drug-likeness (QED) is 0.750. The van der Waals surface area contributed by atoms with Crippen LogP contribution in [0.25, 0.3) is 0 Å². The lowest BCUT2D eigenvalue weighted by Crippen LogP contribution is -2.58. The lowest BCUT2D eigenvalue weighted by molar-refractivity contribution is -0.173. The van der Waals surface area contributed by atoms with Crippen molar-refractivity contribution in [1.29, 1.82) is 0 Å². The van der Waals surface area contributed by atoms with Crippen LogP contribution in [0.15, 0.2) is 11.1 Å². The standard InChI is InChI=1S/C17H24O5/c1-9(18)22-13-12(19)10-8-21-15(20)11(10)17(4)7-5-6-16(2,3)14(13)17/h12-14,19H,5-8H2,1-4H3/t12-,13+,14-,17+/m0/s1. The van der Waals surface area contributed by atoms with E-state index in [0.717, 1.165) is 19.3 Å². The molecule has 1 saturated carbocycles. The maximum absolute atomic E-state index is 12.3. The molecule has 3 aliphatic rings. The molecular weight excluding hydrogens is 284 g/mol. The fourth-order valence-corrected chi connectivity index (χ4v) is 5.13. The van der Waals surface area contributed by atoms with Crippen LogP contribution in [0.2, 0.25) is 0 Å². The largest absolute Gasteiger partial charge is 0.459 e. The van der Waals surface area contributed by atoms with Gasteiger partial charge in [-0.2, -0.15) is 0 Å². The molecular formula is C17H24O5. The molecule has 0 aromatic heterocycles. The van der Waals surface area contributed by atoms with E-state index in [1.54, 1.807) is 0 Å². The molecule has 2 aliphatic carbocycles. The Bertz CT molecular complexity index is 561. The minimum Gasteiger partial charge on any atom is -0.459 e. The summed E-state index contributed by atoms with van der Waals surface area (Å²) in [7, 11) is 0. The number of hydrogen-bond acceptors (Lipinski definition) is 5. The highest BCUT2D eigenvalue weighted by Crippen LogP contribution is 2.61. The SMILES string of the molecule is CC(=O)O[C@@H]1[C@@H](O)C2=C(C(=O)OC2)[C@@]2(C)CCCC(C)(C)[C@H]12. The monoisotopic (exact) mass is 308 g/mol. The number of esters is 2.